The Hall–Kier alpha value is -2.71. The lowest BCUT2D eigenvalue weighted by molar-refractivity contribution is -0.124. The summed E-state index contributed by atoms with van der Waals surface area (Å²) in [5.74, 6) is 0.908. The van der Waals surface area contributed by atoms with Crippen molar-refractivity contribution in [1.29, 1.82) is 0 Å². The van der Waals surface area contributed by atoms with Gasteiger partial charge in [0.2, 0.25) is 5.91 Å². The van der Waals surface area contributed by atoms with Crippen molar-refractivity contribution in [3.8, 4) is 0 Å². The molecule has 9 nitrogen and oxygen atoms in total. The Balaban J connectivity index is 1.55. The molecule has 1 saturated carbocycles. The monoisotopic (exact) mass is 343 g/mol. The molecule has 3 heterocycles. The number of likely N-dealkylation sites (tertiary alicyclic amines) is 1. The van der Waals surface area contributed by atoms with Crippen LogP contribution in [0.2, 0.25) is 0 Å². The highest BCUT2D eigenvalue weighted by Crippen LogP contribution is 2.39. The molecule has 2 amide bonds. The number of aromatic amines is 2. The summed E-state index contributed by atoms with van der Waals surface area (Å²) in [6.45, 7) is 2.55. The van der Waals surface area contributed by atoms with Crippen LogP contribution in [0.1, 0.15) is 52.5 Å². The molecule has 9 heteroatoms. The number of nitrogens with one attached hydrogen (secondary N) is 3. The number of hydrogen-bond acceptors (Lipinski definition) is 5. The molecular weight excluding hydrogens is 322 g/mol. The van der Waals surface area contributed by atoms with Gasteiger partial charge in [-0.3, -0.25) is 19.8 Å². The number of aryl methyl sites for hydroxylation is 1. The number of rotatable bonds is 4. The minimum Gasteiger partial charge on any atom is -0.359 e. The van der Waals surface area contributed by atoms with Crippen molar-refractivity contribution < 1.29 is 9.59 Å². The zero-order chi connectivity index (χ0) is 17.6. The molecule has 1 aliphatic heterocycles. The van der Waals surface area contributed by atoms with Gasteiger partial charge in [-0.25, -0.2) is 4.98 Å². The van der Waals surface area contributed by atoms with Gasteiger partial charge in [-0.15, -0.1) is 0 Å². The molecule has 0 bridgehead atoms. The lowest BCUT2D eigenvalue weighted by Crippen LogP contribution is -2.34. The van der Waals surface area contributed by atoms with Crippen LogP contribution >= 0.6 is 0 Å². The van der Waals surface area contributed by atoms with Gasteiger partial charge in [0, 0.05) is 31.7 Å². The Morgan fingerprint density at radius 1 is 1.24 bits per heavy atom. The molecule has 2 aromatic heterocycles. The van der Waals surface area contributed by atoms with E-state index in [4.69, 9.17) is 0 Å². The lowest BCUT2D eigenvalue weighted by Gasteiger charge is -2.14. The Morgan fingerprint density at radius 2 is 2.04 bits per heavy atom. The fourth-order valence-corrected chi connectivity index (χ4v) is 3.42. The van der Waals surface area contributed by atoms with Gasteiger partial charge >= 0.3 is 0 Å². The normalized spacial score (nSPS) is 23.0. The topological polar surface area (TPSA) is 120 Å². The molecule has 4 rings (SSSR count). The van der Waals surface area contributed by atoms with Gasteiger partial charge in [0.15, 0.2) is 5.82 Å². The molecular formula is C16H21N7O2. The van der Waals surface area contributed by atoms with Gasteiger partial charge in [0.05, 0.1) is 11.8 Å². The summed E-state index contributed by atoms with van der Waals surface area (Å²) in [5.41, 5.74) is 1.43. The van der Waals surface area contributed by atoms with E-state index >= 15 is 0 Å². The van der Waals surface area contributed by atoms with Gasteiger partial charge in [-0.05, 0) is 25.8 Å². The molecule has 25 heavy (non-hydrogen) atoms. The zero-order valence-electron chi connectivity index (χ0n) is 14.2. The largest absolute Gasteiger partial charge is 0.359 e. The van der Waals surface area contributed by atoms with E-state index in [0.29, 0.717) is 36.4 Å². The summed E-state index contributed by atoms with van der Waals surface area (Å²) in [6.07, 6.45) is 2.29. The van der Waals surface area contributed by atoms with Crippen molar-refractivity contribution in [3.05, 3.63) is 29.1 Å². The molecule has 0 radical (unpaired) electrons. The van der Waals surface area contributed by atoms with Gasteiger partial charge in [-0.1, -0.05) is 0 Å². The van der Waals surface area contributed by atoms with Crippen LogP contribution in [0.15, 0.2) is 6.07 Å². The van der Waals surface area contributed by atoms with Gasteiger partial charge < -0.3 is 10.2 Å². The summed E-state index contributed by atoms with van der Waals surface area (Å²) in [5, 5.41) is 16.8. The highest BCUT2D eigenvalue weighted by atomic mass is 16.2. The summed E-state index contributed by atoms with van der Waals surface area (Å²) < 4.78 is 0. The maximum atomic E-state index is 12.8. The third-order valence-corrected chi connectivity index (χ3v) is 4.97. The van der Waals surface area contributed by atoms with Gasteiger partial charge in [-0.2, -0.15) is 10.2 Å². The Morgan fingerprint density at radius 3 is 2.68 bits per heavy atom. The summed E-state index contributed by atoms with van der Waals surface area (Å²) in [7, 11) is 1.60. The molecule has 0 spiro atoms. The third kappa shape index (κ3) is 2.90. The van der Waals surface area contributed by atoms with Crippen molar-refractivity contribution in [3.63, 3.8) is 0 Å². The average molecular weight is 343 g/mol. The number of nitrogens with zero attached hydrogens (tertiary/aromatic N) is 4. The number of amides is 2. The first-order valence-corrected chi connectivity index (χ1v) is 8.52. The first kappa shape index (κ1) is 15.8. The molecule has 2 aromatic rings. The van der Waals surface area contributed by atoms with E-state index in [1.54, 1.807) is 11.9 Å². The minimum absolute atomic E-state index is 0.108. The second kappa shape index (κ2) is 5.98. The molecule has 1 aliphatic carbocycles. The second-order valence-electron chi connectivity index (χ2n) is 6.80. The Kier molecular flexibility index (Phi) is 3.78. The Bertz CT molecular complexity index is 807. The highest BCUT2D eigenvalue weighted by molar-refractivity contribution is 5.93. The van der Waals surface area contributed by atoms with Crippen LogP contribution in [0.4, 0.5) is 0 Å². The molecule has 1 saturated heterocycles. The standard InChI is InChI=1S/C16H21N7O2/c1-8-18-14(22-19-8)10-6-23(7-11(10)15(24)17-2)16(25)13-5-12(20-21-13)9-3-4-9/h5,9-11H,3-4,6-7H2,1-2H3,(H,17,24)(H,20,21)(H,18,19,22). The van der Waals surface area contributed by atoms with Gasteiger partial charge in [0.25, 0.3) is 5.91 Å². The van der Waals surface area contributed by atoms with Crippen LogP contribution in [-0.4, -0.2) is 62.2 Å². The van der Waals surface area contributed by atoms with E-state index in [-0.39, 0.29) is 23.7 Å². The molecule has 132 valence electrons. The first-order chi connectivity index (χ1) is 12.1. The van der Waals surface area contributed by atoms with Gasteiger partial charge in [0.1, 0.15) is 11.5 Å². The van der Waals surface area contributed by atoms with Crippen molar-refractivity contribution in [2.75, 3.05) is 20.1 Å². The van der Waals surface area contributed by atoms with E-state index in [1.165, 1.54) is 0 Å². The predicted molar refractivity (Wildman–Crippen MR) is 87.9 cm³/mol. The van der Waals surface area contributed by atoms with Crippen LogP contribution in [0, 0.1) is 12.8 Å². The van der Waals surface area contributed by atoms with E-state index in [2.05, 4.69) is 30.7 Å². The van der Waals surface area contributed by atoms with Crippen molar-refractivity contribution in [1.82, 2.24) is 35.6 Å². The molecule has 0 aromatic carbocycles. The van der Waals surface area contributed by atoms with Crippen LogP contribution in [0.5, 0.6) is 0 Å². The molecule has 2 aliphatic rings. The van der Waals surface area contributed by atoms with Crippen LogP contribution in [0.25, 0.3) is 0 Å². The van der Waals surface area contributed by atoms with E-state index < -0.39 is 0 Å². The number of aromatic nitrogens is 5. The van der Waals surface area contributed by atoms with E-state index in [9.17, 15) is 9.59 Å². The SMILES string of the molecule is CNC(=O)C1CN(C(=O)c2cc(C3CC3)[nH]n2)CC1c1n[nH]c(C)n1. The zero-order valence-corrected chi connectivity index (χ0v) is 14.2. The fourth-order valence-electron chi connectivity index (χ4n) is 3.42. The van der Waals surface area contributed by atoms with Crippen molar-refractivity contribution in [2.24, 2.45) is 5.92 Å². The predicted octanol–water partition coefficient (Wildman–Crippen LogP) is 0.315. The molecule has 2 atom stereocenters. The number of carbonyl (C=O) groups is 2. The number of carbonyl (C=O) groups excluding carboxylic acids is 2. The summed E-state index contributed by atoms with van der Waals surface area (Å²) in [6, 6.07) is 1.83. The highest BCUT2D eigenvalue weighted by Gasteiger charge is 2.42. The lowest BCUT2D eigenvalue weighted by atomic mass is 9.94. The van der Waals surface area contributed by atoms with Crippen molar-refractivity contribution in [2.45, 2.75) is 31.6 Å². The van der Waals surface area contributed by atoms with E-state index in [1.807, 2.05) is 13.0 Å². The smallest absolute Gasteiger partial charge is 0.274 e. The first-order valence-electron chi connectivity index (χ1n) is 8.52. The fraction of sp³-hybridized carbons (Fsp3) is 0.562. The summed E-state index contributed by atoms with van der Waals surface area (Å²) >= 11 is 0. The Labute approximate surface area is 144 Å². The second-order valence-corrected chi connectivity index (χ2v) is 6.80. The minimum atomic E-state index is -0.369. The number of hydrogen-bond donors (Lipinski definition) is 3. The molecule has 2 unspecified atom stereocenters. The number of H-pyrrole nitrogens is 2. The maximum Gasteiger partial charge on any atom is 0.274 e. The van der Waals surface area contributed by atoms with Crippen LogP contribution < -0.4 is 5.32 Å². The van der Waals surface area contributed by atoms with Crippen LogP contribution in [-0.2, 0) is 4.79 Å². The maximum absolute atomic E-state index is 12.8. The molecule has 2 fully saturated rings. The quantitative estimate of drug-likeness (QED) is 0.738. The van der Waals surface area contributed by atoms with Crippen molar-refractivity contribution >= 4 is 11.8 Å². The van der Waals surface area contributed by atoms with E-state index in [0.717, 1.165) is 18.5 Å². The molecule has 3 N–H and O–H groups in total. The summed E-state index contributed by atoms with van der Waals surface area (Å²) in [4.78, 5) is 31.1. The third-order valence-electron chi connectivity index (χ3n) is 4.97. The average Bonchev–Trinajstić information content (AvgIpc) is 3.04. The van der Waals surface area contributed by atoms with Crippen LogP contribution in [0.3, 0.4) is 0 Å².